The molecule has 1 aliphatic rings. The fraction of sp³-hybridized carbons (Fsp3) is 0.417. The zero-order valence-corrected chi connectivity index (χ0v) is 10.4. The first kappa shape index (κ1) is 12.4. The average Bonchev–Trinajstić information content (AvgIpc) is 2.28. The summed E-state index contributed by atoms with van der Waals surface area (Å²) in [6.45, 7) is 0.748. The number of nitrogens with two attached hydrogens (primary N) is 1. The molecular weight excluding hydrogens is 238 g/mol. The number of hydrogen-bond acceptors (Lipinski definition) is 4. The van der Waals surface area contributed by atoms with Crippen LogP contribution in [0.3, 0.4) is 0 Å². The molecule has 0 aromatic heterocycles. The maximum Gasteiger partial charge on any atom is 0.321 e. The van der Waals surface area contributed by atoms with Crippen LogP contribution in [0.15, 0.2) is 29.2 Å². The van der Waals surface area contributed by atoms with E-state index in [0.29, 0.717) is 13.2 Å². The lowest BCUT2D eigenvalue weighted by Crippen LogP contribution is -2.61. The van der Waals surface area contributed by atoms with Gasteiger partial charge in [-0.1, -0.05) is 12.1 Å². The summed E-state index contributed by atoms with van der Waals surface area (Å²) in [6.07, 6.45) is 2.00. The minimum absolute atomic E-state index is 0.374. The third-order valence-electron chi connectivity index (χ3n) is 3.25. The lowest BCUT2D eigenvalue weighted by Gasteiger charge is -2.44. The van der Waals surface area contributed by atoms with Crippen LogP contribution in [0, 0.1) is 0 Å². The van der Waals surface area contributed by atoms with Crippen LogP contribution < -0.4 is 5.73 Å². The van der Waals surface area contributed by atoms with Gasteiger partial charge in [-0.05, 0) is 24.0 Å². The molecule has 1 unspecified atom stereocenters. The van der Waals surface area contributed by atoms with Gasteiger partial charge in [0.05, 0.1) is 18.6 Å². The van der Waals surface area contributed by atoms with Crippen molar-refractivity contribution in [2.45, 2.75) is 16.4 Å². The van der Waals surface area contributed by atoms with Crippen LogP contribution in [0.25, 0.3) is 0 Å². The lowest BCUT2D eigenvalue weighted by molar-refractivity contribution is -0.148. The Kier molecular flexibility index (Phi) is 3.42. The van der Waals surface area contributed by atoms with E-state index >= 15 is 0 Å². The van der Waals surface area contributed by atoms with E-state index in [4.69, 9.17) is 15.6 Å². The van der Waals surface area contributed by atoms with Gasteiger partial charge in [-0.15, -0.1) is 11.8 Å². The molecule has 1 saturated heterocycles. The summed E-state index contributed by atoms with van der Waals surface area (Å²) in [5, 5.41) is 9.06. The van der Waals surface area contributed by atoms with Crippen molar-refractivity contribution < 1.29 is 14.6 Å². The fourth-order valence-corrected chi connectivity index (χ4v) is 2.42. The van der Waals surface area contributed by atoms with Crippen molar-refractivity contribution >= 4 is 17.7 Å². The number of carboxylic acid groups (broad SMARTS) is 1. The SMILES string of the molecule is CSc1ccc(C2(C(N)C(=O)O)COC2)cc1. The highest BCUT2D eigenvalue weighted by Crippen LogP contribution is 2.35. The van der Waals surface area contributed by atoms with Gasteiger partial charge < -0.3 is 15.6 Å². The Morgan fingerprint density at radius 2 is 2.06 bits per heavy atom. The van der Waals surface area contributed by atoms with Gasteiger partial charge in [0.1, 0.15) is 6.04 Å². The summed E-state index contributed by atoms with van der Waals surface area (Å²) in [5.41, 5.74) is 6.15. The largest absolute Gasteiger partial charge is 0.480 e. The van der Waals surface area contributed by atoms with Gasteiger partial charge in [0.2, 0.25) is 0 Å². The van der Waals surface area contributed by atoms with Gasteiger partial charge in [0, 0.05) is 4.90 Å². The second-order valence-corrected chi connectivity index (χ2v) is 5.07. The third-order valence-corrected chi connectivity index (χ3v) is 3.99. The molecule has 1 atom stereocenters. The molecule has 0 saturated carbocycles. The molecule has 3 N–H and O–H groups in total. The fourth-order valence-electron chi connectivity index (χ4n) is 2.01. The molecule has 0 aliphatic carbocycles. The first-order valence-corrected chi connectivity index (χ1v) is 6.53. The molecule has 0 bridgehead atoms. The number of rotatable bonds is 4. The molecular formula is C12H15NO3S. The van der Waals surface area contributed by atoms with E-state index in [0.717, 1.165) is 10.5 Å². The zero-order valence-electron chi connectivity index (χ0n) is 9.55. The Morgan fingerprint density at radius 1 is 1.47 bits per heavy atom. The van der Waals surface area contributed by atoms with Gasteiger partial charge in [-0.25, -0.2) is 0 Å². The molecule has 0 radical (unpaired) electrons. The first-order chi connectivity index (χ1) is 8.10. The molecule has 1 heterocycles. The standard InChI is InChI=1S/C12H15NO3S/c1-17-9-4-2-8(3-5-9)12(6-16-7-12)10(13)11(14)15/h2-5,10H,6-7,13H2,1H3,(H,14,15). The smallest absolute Gasteiger partial charge is 0.321 e. The van der Waals surface area contributed by atoms with Gasteiger partial charge in [0.25, 0.3) is 0 Å². The second-order valence-electron chi connectivity index (χ2n) is 4.19. The molecule has 1 fully saturated rings. The molecule has 5 heteroatoms. The Bertz CT molecular complexity index is 414. The van der Waals surface area contributed by atoms with Crippen LogP contribution in [-0.4, -0.2) is 36.6 Å². The molecule has 0 spiro atoms. The molecule has 0 amide bonds. The van der Waals surface area contributed by atoms with Crippen molar-refractivity contribution in [2.75, 3.05) is 19.5 Å². The van der Waals surface area contributed by atoms with E-state index in [1.807, 2.05) is 30.5 Å². The van der Waals surface area contributed by atoms with Crippen molar-refractivity contribution in [1.82, 2.24) is 0 Å². The van der Waals surface area contributed by atoms with Crippen LogP contribution in [-0.2, 0) is 14.9 Å². The minimum atomic E-state index is -0.984. The Morgan fingerprint density at radius 3 is 2.41 bits per heavy atom. The van der Waals surface area contributed by atoms with Gasteiger partial charge in [-0.3, -0.25) is 4.79 Å². The first-order valence-electron chi connectivity index (χ1n) is 5.31. The lowest BCUT2D eigenvalue weighted by atomic mass is 9.73. The summed E-state index contributed by atoms with van der Waals surface area (Å²) in [6, 6.07) is 6.92. The summed E-state index contributed by atoms with van der Waals surface area (Å²) < 4.78 is 5.17. The molecule has 92 valence electrons. The van der Waals surface area contributed by atoms with Gasteiger partial charge >= 0.3 is 5.97 Å². The summed E-state index contributed by atoms with van der Waals surface area (Å²) >= 11 is 1.65. The highest BCUT2D eigenvalue weighted by molar-refractivity contribution is 7.98. The predicted molar refractivity (Wildman–Crippen MR) is 66.3 cm³/mol. The number of aliphatic carboxylic acids is 1. The maximum atomic E-state index is 11.1. The van der Waals surface area contributed by atoms with Crippen LogP contribution in [0.2, 0.25) is 0 Å². The summed E-state index contributed by atoms with van der Waals surface area (Å²) in [4.78, 5) is 12.2. The molecule has 2 rings (SSSR count). The van der Waals surface area contributed by atoms with Crippen molar-refractivity contribution in [3.8, 4) is 0 Å². The number of hydrogen-bond donors (Lipinski definition) is 2. The molecule has 1 aromatic rings. The normalized spacial score (nSPS) is 19.4. The van der Waals surface area contributed by atoms with E-state index < -0.39 is 17.4 Å². The third kappa shape index (κ3) is 2.06. The topological polar surface area (TPSA) is 72.6 Å². The number of ether oxygens (including phenoxy) is 1. The second kappa shape index (κ2) is 4.68. The summed E-state index contributed by atoms with van der Waals surface area (Å²) in [5.74, 6) is -0.984. The van der Waals surface area contributed by atoms with Crippen LogP contribution in [0.5, 0.6) is 0 Å². The van der Waals surface area contributed by atoms with Crippen molar-refractivity contribution in [3.63, 3.8) is 0 Å². The molecule has 1 aliphatic heterocycles. The van der Waals surface area contributed by atoms with Crippen molar-refractivity contribution in [2.24, 2.45) is 5.73 Å². The van der Waals surface area contributed by atoms with E-state index in [-0.39, 0.29) is 0 Å². The van der Waals surface area contributed by atoms with Crippen LogP contribution in [0.1, 0.15) is 5.56 Å². The minimum Gasteiger partial charge on any atom is -0.480 e. The van der Waals surface area contributed by atoms with Gasteiger partial charge in [-0.2, -0.15) is 0 Å². The monoisotopic (exact) mass is 253 g/mol. The Hall–Kier alpha value is -1.04. The predicted octanol–water partition coefficient (Wildman–Crippen LogP) is 1.09. The van der Waals surface area contributed by atoms with Crippen LogP contribution in [0.4, 0.5) is 0 Å². The van der Waals surface area contributed by atoms with Crippen LogP contribution >= 0.6 is 11.8 Å². The quantitative estimate of drug-likeness (QED) is 0.786. The highest BCUT2D eigenvalue weighted by Gasteiger charge is 2.48. The number of carboxylic acids is 1. The highest BCUT2D eigenvalue weighted by atomic mass is 32.2. The molecule has 17 heavy (non-hydrogen) atoms. The molecule has 4 nitrogen and oxygen atoms in total. The van der Waals surface area contributed by atoms with E-state index in [1.54, 1.807) is 11.8 Å². The average molecular weight is 253 g/mol. The Balaban J connectivity index is 2.31. The van der Waals surface area contributed by atoms with E-state index in [2.05, 4.69) is 0 Å². The van der Waals surface area contributed by atoms with E-state index in [1.165, 1.54) is 0 Å². The number of carbonyl (C=O) groups is 1. The van der Waals surface area contributed by atoms with Gasteiger partial charge in [0.15, 0.2) is 0 Å². The zero-order chi connectivity index (χ0) is 12.5. The Labute approximate surface area is 104 Å². The number of thioether (sulfide) groups is 1. The molecule has 1 aromatic carbocycles. The van der Waals surface area contributed by atoms with Crippen molar-refractivity contribution in [1.29, 1.82) is 0 Å². The number of benzene rings is 1. The summed E-state index contributed by atoms with van der Waals surface area (Å²) in [7, 11) is 0. The van der Waals surface area contributed by atoms with E-state index in [9.17, 15) is 4.79 Å². The van der Waals surface area contributed by atoms with Crippen molar-refractivity contribution in [3.05, 3.63) is 29.8 Å². The maximum absolute atomic E-state index is 11.1.